The Morgan fingerprint density at radius 2 is 2.22 bits per heavy atom. The van der Waals surface area contributed by atoms with Gasteiger partial charge in [-0.15, -0.1) is 0 Å². The number of carbonyl (C=O) groups excluding carboxylic acids is 1. The summed E-state index contributed by atoms with van der Waals surface area (Å²) in [6.45, 7) is 7.52. The lowest BCUT2D eigenvalue weighted by Gasteiger charge is -2.08. The van der Waals surface area contributed by atoms with E-state index in [4.69, 9.17) is 9.47 Å². The number of carbonyl (C=O) groups is 1. The van der Waals surface area contributed by atoms with E-state index in [9.17, 15) is 4.79 Å². The van der Waals surface area contributed by atoms with E-state index in [0.29, 0.717) is 31.3 Å². The third-order valence-electron chi connectivity index (χ3n) is 2.64. The average Bonchev–Trinajstić information content (AvgIpc) is 2.66. The monoisotopic (exact) mass is 254 g/mol. The van der Waals surface area contributed by atoms with Crippen molar-refractivity contribution < 1.29 is 14.3 Å². The molecule has 0 amide bonds. The van der Waals surface area contributed by atoms with Gasteiger partial charge >= 0.3 is 5.97 Å². The average molecular weight is 254 g/mol. The van der Waals surface area contributed by atoms with E-state index in [2.05, 4.69) is 18.9 Å². The highest BCUT2D eigenvalue weighted by atomic mass is 16.5. The van der Waals surface area contributed by atoms with Crippen molar-refractivity contribution in [3.05, 3.63) is 17.5 Å². The summed E-state index contributed by atoms with van der Waals surface area (Å²) in [5, 5.41) is 4.07. The second-order valence-electron chi connectivity index (χ2n) is 4.58. The van der Waals surface area contributed by atoms with Crippen LogP contribution in [0.2, 0.25) is 0 Å². The Morgan fingerprint density at radius 3 is 2.83 bits per heavy atom. The van der Waals surface area contributed by atoms with Gasteiger partial charge in [-0.05, 0) is 19.3 Å². The predicted octanol–water partition coefficient (Wildman–Crippen LogP) is 2.16. The van der Waals surface area contributed by atoms with Crippen molar-refractivity contribution in [3.8, 4) is 0 Å². The first-order valence-electron chi connectivity index (χ1n) is 6.32. The van der Waals surface area contributed by atoms with Crippen LogP contribution in [-0.2, 0) is 23.1 Å². The van der Waals surface area contributed by atoms with Gasteiger partial charge in [-0.25, -0.2) is 4.79 Å². The maximum Gasteiger partial charge on any atom is 0.341 e. The molecule has 18 heavy (non-hydrogen) atoms. The van der Waals surface area contributed by atoms with Gasteiger partial charge in [0.2, 0.25) is 0 Å². The molecule has 1 aromatic rings. The number of aromatic nitrogens is 2. The van der Waals surface area contributed by atoms with Crippen LogP contribution >= 0.6 is 0 Å². The van der Waals surface area contributed by atoms with Gasteiger partial charge < -0.3 is 9.47 Å². The fraction of sp³-hybridized carbons (Fsp3) is 0.692. The first kappa shape index (κ1) is 14.7. The second-order valence-corrected chi connectivity index (χ2v) is 4.58. The summed E-state index contributed by atoms with van der Waals surface area (Å²) < 4.78 is 12.2. The van der Waals surface area contributed by atoms with Gasteiger partial charge in [-0.2, -0.15) is 5.10 Å². The molecule has 0 N–H and O–H groups in total. The summed E-state index contributed by atoms with van der Waals surface area (Å²) >= 11 is 0. The third kappa shape index (κ3) is 4.14. The summed E-state index contributed by atoms with van der Waals surface area (Å²) in [6.07, 6.45) is 2.53. The lowest BCUT2D eigenvalue weighted by atomic mass is 10.1. The van der Waals surface area contributed by atoms with Crippen LogP contribution in [0.25, 0.3) is 0 Å². The quantitative estimate of drug-likeness (QED) is 0.552. The molecule has 0 aliphatic rings. The Labute approximate surface area is 108 Å². The molecule has 0 saturated heterocycles. The van der Waals surface area contributed by atoms with Crippen molar-refractivity contribution in [2.24, 2.45) is 13.0 Å². The molecule has 102 valence electrons. The van der Waals surface area contributed by atoms with Crippen molar-refractivity contribution in [1.82, 2.24) is 9.78 Å². The van der Waals surface area contributed by atoms with Gasteiger partial charge in [0.15, 0.2) is 0 Å². The standard InChI is InChI=1S/C13H22N2O3/c1-5-18-13(16)11-8-14-15(4)12(11)9-17-7-6-10(2)3/h8,10H,5-7,9H2,1-4H3. The molecule has 0 unspecified atom stereocenters. The SMILES string of the molecule is CCOC(=O)c1cnn(C)c1COCCC(C)C. The molecule has 1 aromatic heterocycles. The molecule has 0 aromatic carbocycles. The molecule has 0 radical (unpaired) electrons. The Morgan fingerprint density at radius 1 is 1.50 bits per heavy atom. The lowest BCUT2D eigenvalue weighted by molar-refractivity contribution is 0.0516. The minimum absolute atomic E-state index is 0.340. The van der Waals surface area contributed by atoms with Crippen molar-refractivity contribution in [2.75, 3.05) is 13.2 Å². The minimum atomic E-state index is -0.340. The summed E-state index contributed by atoms with van der Waals surface area (Å²) in [6, 6.07) is 0. The normalized spacial score (nSPS) is 10.9. The molecule has 0 fully saturated rings. The van der Waals surface area contributed by atoms with Gasteiger partial charge in [0, 0.05) is 13.7 Å². The third-order valence-corrected chi connectivity index (χ3v) is 2.64. The summed E-state index contributed by atoms with van der Waals surface area (Å²) in [5.41, 5.74) is 1.25. The van der Waals surface area contributed by atoms with Crippen molar-refractivity contribution in [2.45, 2.75) is 33.8 Å². The molecular formula is C13H22N2O3. The van der Waals surface area contributed by atoms with Gasteiger partial charge in [0.1, 0.15) is 5.56 Å². The summed E-state index contributed by atoms with van der Waals surface area (Å²) in [7, 11) is 1.80. The lowest BCUT2D eigenvalue weighted by Crippen LogP contribution is -2.10. The largest absolute Gasteiger partial charge is 0.462 e. The zero-order valence-corrected chi connectivity index (χ0v) is 11.6. The van der Waals surface area contributed by atoms with E-state index in [-0.39, 0.29) is 5.97 Å². The topological polar surface area (TPSA) is 53.3 Å². The highest BCUT2D eigenvalue weighted by molar-refractivity contribution is 5.90. The van der Waals surface area contributed by atoms with Gasteiger partial charge in [-0.3, -0.25) is 4.68 Å². The van der Waals surface area contributed by atoms with Gasteiger partial charge in [0.25, 0.3) is 0 Å². The number of ether oxygens (including phenoxy) is 2. The van der Waals surface area contributed by atoms with Crippen LogP contribution in [0.1, 0.15) is 43.2 Å². The molecular weight excluding hydrogens is 232 g/mol. The fourth-order valence-corrected chi connectivity index (χ4v) is 1.50. The predicted molar refractivity (Wildman–Crippen MR) is 68.3 cm³/mol. The Balaban J connectivity index is 2.58. The number of aryl methyl sites for hydroxylation is 1. The van der Waals surface area contributed by atoms with Crippen LogP contribution in [0.3, 0.4) is 0 Å². The molecule has 0 aliphatic heterocycles. The van der Waals surface area contributed by atoms with Crippen molar-refractivity contribution in [1.29, 1.82) is 0 Å². The molecule has 0 saturated carbocycles. The Hall–Kier alpha value is -1.36. The van der Waals surface area contributed by atoms with Crippen LogP contribution in [0.4, 0.5) is 0 Å². The fourth-order valence-electron chi connectivity index (χ4n) is 1.50. The van der Waals surface area contributed by atoms with E-state index in [1.54, 1.807) is 18.7 Å². The molecule has 0 atom stereocenters. The highest BCUT2D eigenvalue weighted by Gasteiger charge is 2.16. The maximum absolute atomic E-state index is 11.7. The maximum atomic E-state index is 11.7. The van der Waals surface area contributed by atoms with E-state index in [0.717, 1.165) is 12.1 Å². The van der Waals surface area contributed by atoms with Crippen LogP contribution < -0.4 is 0 Å². The van der Waals surface area contributed by atoms with Crippen LogP contribution in [-0.4, -0.2) is 29.0 Å². The Bertz CT molecular complexity index is 386. The number of esters is 1. The smallest absolute Gasteiger partial charge is 0.341 e. The first-order valence-corrected chi connectivity index (χ1v) is 6.32. The van der Waals surface area contributed by atoms with Crippen LogP contribution in [0.15, 0.2) is 6.20 Å². The summed E-state index contributed by atoms with van der Waals surface area (Å²) in [5.74, 6) is 0.272. The second kappa shape index (κ2) is 7.16. The number of nitrogens with zero attached hydrogens (tertiary/aromatic N) is 2. The van der Waals surface area contributed by atoms with E-state index in [1.165, 1.54) is 6.20 Å². The highest BCUT2D eigenvalue weighted by Crippen LogP contribution is 2.11. The number of hydrogen-bond acceptors (Lipinski definition) is 4. The molecule has 0 aliphatic carbocycles. The van der Waals surface area contributed by atoms with E-state index >= 15 is 0 Å². The zero-order valence-electron chi connectivity index (χ0n) is 11.6. The van der Waals surface area contributed by atoms with Crippen LogP contribution in [0, 0.1) is 5.92 Å². The van der Waals surface area contributed by atoms with Gasteiger partial charge in [-0.1, -0.05) is 13.8 Å². The van der Waals surface area contributed by atoms with Crippen molar-refractivity contribution in [3.63, 3.8) is 0 Å². The number of hydrogen-bond donors (Lipinski definition) is 0. The molecule has 0 spiro atoms. The molecule has 0 bridgehead atoms. The number of rotatable bonds is 7. The van der Waals surface area contributed by atoms with Gasteiger partial charge in [0.05, 0.1) is 25.1 Å². The zero-order chi connectivity index (χ0) is 13.5. The first-order chi connectivity index (χ1) is 8.56. The van der Waals surface area contributed by atoms with Crippen LogP contribution in [0.5, 0.6) is 0 Å². The summed E-state index contributed by atoms with van der Waals surface area (Å²) in [4.78, 5) is 11.7. The molecule has 5 nitrogen and oxygen atoms in total. The van der Waals surface area contributed by atoms with E-state index < -0.39 is 0 Å². The van der Waals surface area contributed by atoms with E-state index in [1.807, 2.05) is 0 Å². The Kier molecular flexibility index (Phi) is 5.85. The van der Waals surface area contributed by atoms with Crippen molar-refractivity contribution >= 4 is 5.97 Å². The molecule has 5 heteroatoms. The minimum Gasteiger partial charge on any atom is -0.462 e. The molecule has 1 heterocycles. The molecule has 1 rings (SSSR count).